The van der Waals surface area contributed by atoms with Crippen LogP contribution in [-0.4, -0.2) is 30.7 Å². The number of hydrogen-bond donors (Lipinski definition) is 0. The van der Waals surface area contributed by atoms with E-state index in [0.717, 1.165) is 23.5 Å². The molecule has 1 unspecified atom stereocenters. The average Bonchev–Trinajstić information content (AvgIpc) is 2.35. The SMILES string of the molecule is C=CC[N+](CC=C)(CCC)CC(CC)CCCC. The van der Waals surface area contributed by atoms with Crippen LogP contribution in [0.5, 0.6) is 0 Å². The fraction of sp³-hybridized carbons (Fsp3) is 0.765. The van der Waals surface area contributed by atoms with Crippen LogP contribution in [0.25, 0.3) is 0 Å². The van der Waals surface area contributed by atoms with E-state index in [1.165, 1.54) is 45.2 Å². The van der Waals surface area contributed by atoms with Gasteiger partial charge >= 0.3 is 0 Å². The van der Waals surface area contributed by atoms with Crippen molar-refractivity contribution in [3.05, 3.63) is 25.3 Å². The van der Waals surface area contributed by atoms with Gasteiger partial charge in [-0.25, -0.2) is 0 Å². The molecule has 0 bridgehead atoms. The van der Waals surface area contributed by atoms with Crippen molar-refractivity contribution in [2.45, 2.75) is 52.9 Å². The van der Waals surface area contributed by atoms with Crippen LogP contribution in [0.15, 0.2) is 25.3 Å². The number of quaternary nitrogens is 1. The number of rotatable bonds is 12. The molecule has 0 aromatic rings. The zero-order valence-electron chi connectivity index (χ0n) is 13.0. The normalized spacial score (nSPS) is 13.3. The molecule has 0 rings (SSSR count). The summed E-state index contributed by atoms with van der Waals surface area (Å²) in [5.74, 6) is 0.858. The summed E-state index contributed by atoms with van der Waals surface area (Å²) in [6.45, 7) is 19.5. The maximum absolute atomic E-state index is 3.96. The minimum absolute atomic E-state index is 0.858. The van der Waals surface area contributed by atoms with Gasteiger partial charge in [0, 0.05) is 5.92 Å². The minimum Gasteiger partial charge on any atom is -0.317 e. The molecule has 1 atom stereocenters. The topological polar surface area (TPSA) is 0 Å². The minimum atomic E-state index is 0.858. The fourth-order valence-corrected chi connectivity index (χ4v) is 2.98. The number of hydrogen-bond acceptors (Lipinski definition) is 0. The van der Waals surface area contributed by atoms with Crippen molar-refractivity contribution in [2.24, 2.45) is 5.92 Å². The first-order chi connectivity index (χ1) is 8.67. The van der Waals surface area contributed by atoms with E-state index in [-0.39, 0.29) is 0 Å². The molecule has 1 heteroatoms. The van der Waals surface area contributed by atoms with Gasteiger partial charge in [-0.3, -0.25) is 0 Å². The molecule has 0 aliphatic rings. The lowest BCUT2D eigenvalue weighted by Gasteiger charge is -2.39. The molecular weight excluding hydrogens is 218 g/mol. The predicted octanol–water partition coefficient (Wildman–Crippen LogP) is 4.80. The van der Waals surface area contributed by atoms with Gasteiger partial charge in [-0.05, 0) is 31.4 Å². The first-order valence-electron chi connectivity index (χ1n) is 7.74. The van der Waals surface area contributed by atoms with Crippen LogP contribution in [0.2, 0.25) is 0 Å². The Bertz CT molecular complexity index is 210. The van der Waals surface area contributed by atoms with Crippen LogP contribution in [-0.2, 0) is 0 Å². The van der Waals surface area contributed by atoms with Crippen molar-refractivity contribution in [1.29, 1.82) is 0 Å². The summed E-state index contributed by atoms with van der Waals surface area (Å²) in [6.07, 6.45) is 10.8. The molecule has 0 saturated heterocycles. The molecule has 18 heavy (non-hydrogen) atoms. The summed E-state index contributed by atoms with van der Waals surface area (Å²) in [6, 6.07) is 0. The van der Waals surface area contributed by atoms with Crippen LogP contribution in [0.1, 0.15) is 52.9 Å². The molecular formula is C17H34N+. The predicted molar refractivity (Wildman–Crippen MR) is 83.7 cm³/mol. The lowest BCUT2D eigenvalue weighted by Crippen LogP contribution is -2.51. The molecule has 0 heterocycles. The third-order valence-corrected chi connectivity index (χ3v) is 3.92. The Morgan fingerprint density at radius 2 is 1.61 bits per heavy atom. The molecule has 0 aliphatic carbocycles. The molecule has 0 radical (unpaired) electrons. The lowest BCUT2D eigenvalue weighted by atomic mass is 9.97. The van der Waals surface area contributed by atoms with Gasteiger partial charge in [0.1, 0.15) is 0 Å². The second-order valence-electron chi connectivity index (χ2n) is 5.61. The largest absolute Gasteiger partial charge is 0.317 e. The Kier molecular flexibility index (Phi) is 10.0. The Hall–Kier alpha value is -0.560. The fourth-order valence-electron chi connectivity index (χ4n) is 2.98. The van der Waals surface area contributed by atoms with Crippen molar-refractivity contribution in [2.75, 3.05) is 26.2 Å². The smallest absolute Gasteiger partial charge is 0.0973 e. The molecule has 0 aromatic heterocycles. The van der Waals surface area contributed by atoms with E-state index in [9.17, 15) is 0 Å². The molecule has 0 saturated carbocycles. The summed E-state index contributed by atoms with van der Waals surface area (Å²) in [4.78, 5) is 0. The molecule has 0 aliphatic heterocycles. The van der Waals surface area contributed by atoms with Gasteiger partial charge in [-0.1, -0.05) is 46.8 Å². The Morgan fingerprint density at radius 3 is 2.00 bits per heavy atom. The molecule has 0 amide bonds. The highest BCUT2D eigenvalue weighted by Crippen LogP contribution is 2.20. The first kappa shape index (κ1) is 17.4. The molecule has 0 N–H and O–H groups in total. The van der Waals surface area contributed by atoms with E-state index < -0.39 is 0 Å². The number of unbranched alkanes of at least 4 members (excludes halogenated alkanes) is 1. The molecule has 0 fully saturated rings. The second-order valence-corrected chi connectivity index (χ2v) is 5.61. The quantitative estimate of drug-likeness (QED) is 0.346. The molecule has 0 spiro atoms. The highest BCUT2D eigenvalue weighted by atomic mass is 15.3. The monoisotopic (exact) mass is 252 g/mol. The van der Waals surface area contributed by atoms with Gasteiger partial charge in [-0.15, -0.1) is 0 Å². The van der Waals surface area contributed by atoms with Gasteiger partial charge in [-0.2, -0.15) is 0 Å². The summed E-state index contributed by atoms with van der Waals surface area (Å²) in [7, 11) is 0. The third kappa shape index (κ3) is 6.39. The zero-order chi connectivity index (χ0) is 13.9. The van der Waals surface area contributed by atoms with Crippen molar-refractivity contribution in [3.8, 4) is 0 Å². The van der Waals surface area contributed by atoms with Crippen LogP contribution in [0.4, 0.5) is 0 Å². The zero-order valence-corrected chi connectivity index (χ0v) is 13.0. The summed E-state index contributed by atoms with van der Waals surface area (Å²) in [5, 5.41) is 0. The van der Waals surface area contributed by atoms with Gasteiger partial charge in [0.25, 0.3) is 0 Å². The van der Waals surface area contributed by atoms with Gasteiger partial charge in [0.2, 0.25) is 0 Å². The average molecular weight is 252 g/mol. The van der Waals surface area contributed by atoms with Crippen LogP contribution < -0.4 is 0 Å². The van der Waals surface area contributed by atoms with E-state index in [2.05, 4.69) is 46.1 Å². The molecule has 106 valence electrons. The lowest BCUT2D eigenvalue weighted by molar-refractivity contribution is -0.920. The van der Waals surface area contributed by atoms with Crippen LogP contribution in [0.3, 0.4) is 0 Å². The van der Waals surface area contributed by atoms with Crippen molar-refractivity contribution < 1.29 is 4.48 Å². The number of nitrogens with zero attached hydrogens (tertiary/aromatic N) is 1. The summed E-state index contributed by atoms with van der Waals surface area (Å²) >= 11 is 0. The van der Waals surface area contributed by atoms with Crippen LogP contribution in [0, 0.1) is 5.92 Å². The van der Waals surface area contributed by atoms with Crippen molar-refractivity contribution >= 4 is 0 Å². The van der Waals surface area contributed by atoms with E-state index in [0.29, 0.717) is 0 Å². The van der Waals surface area contributed by atoms with E-state index in [1.54, 1.807) is 0 Å². The third-order valence-electron chi connectivity index (χ3n) is 3.92. The van der Waals surface area contributed by atoms with E-state index >= 15 is 0 Å². The Morgan fingerprint density at radius 1 is 1.00 bits per heavy atom. The maximum Gasteiger partial charge on any atom is 0.0973 e. The second kappa shape index (κ2) is 10.4. The molecule has 1 nitrogen and oxygen atoms in total. The van der Waals surface area contributed by atoms with Gasteiger partial charge in [0.15, 0.2) is 0 Å². The molecule has 0 aromatic carbocycles. The van der Waals surface area contributed by atoms with Gasteiger partial charge < -0.3 is 4.48 Å². The summed E-state index contributed by atoms with van der Waals surface area (Å²) < 4.78 is 1.16. The Labute approximate surface area is 115 Å². The van der Waals surface area contributed by atoms with Crippen LogP contribution >= 0.6 is 0 Å². The van der Waals surface area contributed by atoms with E-state index in [1.807, 2.05) is 0 Å². The van der Waals surface area contributed by atoms with Crippen molar-refractivity contribution in [1.82, 2.24) is 0 Å². The highest BCUT2D eigenvalue weighted by molar-refractivity contribution is 4.73. The summed E-state index contributed by atoms with van der Waals surface area (Å²) in [5.41, 5.74) is 0. The van der Waals surface area contributed by atoms with Gasteiger partial charge in [0.05, 0.1) is 26.2 Å². The maximum atomic E-state index is 3.96. The first-order valence-corrected chi connectivity index (χ1v) is 7.74. The van der Waals surface area contributed by atoms with Crippen molar-refractivity contribution in [3.63, 3.8) is 0 Å². The standard InChI is InChI=1S/C17H34N/c1-6-11-12-17(10-5)16-18(13-7-2,14-8-3)15-9-4/h7-8,17H,2-3,6,9-16H2,1,4-5H3/q+1. The van der Waals surface area contributed by atoms with E-state index in [4.69, 9.17) is 0 Å². The Balaban J connectivity index is 4.68. The highest BCUT2D eigenvalue weighted by Gasteiger charge is 2.27.